The second kappa shape index (κ2) is 7.19. The van der Waals surface area contributed by atoms with E-state index in [1.165, 1.54) is 6.33 Å². The minimum absolute atomic E-state index is 0.00330. The number of carbonyl (C=O) groups excluding carboxylic acids is 1. The van der Waals surface area contributed by atoms with Crippen molar-refractivity contribution in [2.45, 2.75) is 32.0 Å². The van der Waals surface area contributed by atoms with Crippen molar-refractivity contribution >= 4 is 17.5 Å². The zero-order valence-corrected chi connectivity index (χ0v) is 12.4. The molecule has 2 atom stereocenters. The Morgan fingerprint density at radius 3 is 2.76 bits per heavy atom. The first-order chi connectivity index (χ1) is 10.0. The summed E-state index contributed by atoms with van der Waals surface area (Å²) in [5, 5.41) is 17.4. The molecule has 0 saturated heterocycles. The van der Waals surface area contributed by atoms with Gasteiger partial charge in [0.25, 0.3) is 0 Å². The maximum absolute atomic E-state index is 11.9. The summed E-state index contributed by atoms with van der Waals surface area (Å²) in [6.07, 6.45) is 2.19. The van der Waals surface area contributed by atoms with E-state index in [2.05, 4.69) is 15.4 Å². The molecule has 0 aliphatic rings. The van der Waals surface area contributed by atoms with Crippen molar-refractivity contribution in [3.63, 3.8) is 0 Å². The molecule has 1 heterocycles. The molecular weight excluding hydrogens is 292 g/mol. The largest absolute Gasteiger partial charge is 0.388 e. The summed E-state index contributed by atoms with van der Waals surface area (Å²) in [7, 11) is 0. The van der Waals surface area contributed by atoms with Crippen LogP contribution in [0.2, 0.25) is 5.02 Å². The monoisotopic (exact) mass is 308 g/mol. The van der Waals surface area contributed by atoms with Crippen LogP contribution in [-0.4, -0.2) is 31.8 Å². The highest BCUT2D eigenvalue weighted by molar-refractivity contribution is 6.30. The lowest BCUT2D eigenvalue weighted by molar-refractivity contribution is -0.123. The highest BCUT2D eigenvalue weighted by atomic mass is 35.5. The van der Waals surface area contributed by atoms with Crippen molar-refractivity contribution in [1.29, 1.82) is 0 Å². The molecular formula is C14H17ClN4O2. The molecule has 21 heavy (non-hydrogen) atoms. The van der Waals surface area contributed by atoms with Gasteiger partial charge in [0.2, 0.25) is 5.91 Å². The minimum atomic E-state index is -0.846. The van der Waals surface area contributed by atoms with Crippen LogP contribution in [0.25, 0.3) is 0 Å². The Kier molecular flexibility index (Phi) is 5.30. The normalized spacial score (nSPS) is 13.7. The SMILES string of the molecule is CC(Cn1cncn1)NC(=O)CC(O)c1ccc(Cl)cc1. The fraction of sp³-hybridized carbons (Fsp3) is 0.357. The second-order valence-electron chi connectivity index (χ2n) is 4.86. The van der Waals surface area contributed by atoms with Crippen molar-refractivity contribution in [3.05, 3.63) is 47.5 Å². The van der Waals surface area contributed by atoms with Gasteiger partial charge in [-0.1, -0.05) is 23.7 Å². The number of aliphatic hydroxyl groups is 1. The summed E-state index contributed by atoms with van der Waals surface area (Å²) < 4.78 is 1.64. The molecule has 0 aliphatic carbocycles. The molecule has 2 rings (SSSR count). The summed E-state index contributed by atoms with van der Waals surface area (Å²) in [5.74, 6) is -0.218. The van der Waals surface area contributed by atoms with Crippen LogP contribution in [0.4, 0.5) is 0 Å². The average Bonchev–Trinajstić information content (AvgIpc) is 2.91. The average molecular weight is 309 g/mol. The van der Waals surface area contributed by atoms with E-state index >= 15 is 0 Å². The first kappa shape index (κ1) is 15.5. The Balaban J connectivity index is 1.82. The maximum atomic E-state index is 11.9. The Bertz CT molecular complexity index is 571. The van der Waals surface area contributed by atoms with Crippen LogP contribution in [0.5, 0.6) is 0 Å². The summed E-state index contributed by atoms with van der Waals surface area (Å²) in [5.41, 5.74) is 0.665. The Morgan fingerprint density at radius 2 is 2.14 bits per heavy atom. The van der Waals surface area contributed by atoms with Gasteiger partial charge >= 0.3 is 0 Å². The lowest BCUT2D eigenvalue weighted by Gasteiger charge is -2.16. The minimum Gasteiger partial charge on any atom is -0.388 e. The first-order valence-electron chi connectivity index (χ1n) is 6.60. The molecule has 0 bridgehead atoms. The number of aliphatic hydroxyl groups excluding tert-OH is 1. The fourth-order valence-corrected chi connectivity index (χ4v) is 2.09. The molecule has 7 heteroatoms. The van der Waals surface area contributed by atoms with Crippen LogP contribution in [0.1, 0.15) is 25.0 Å². The van der Waals surface area contributed by atoms with Gasteiger partial charge < -0.3 is 10.4 Å². The maximum Gasteiger partial charge on any atom is 0.223 e. The van der Waals surface area contributed by atoms with E-state index < -0.39 is 6.10 Å². The van der Waals surface area contributed by atoms with E-state index in [9.17, 15) is 9.90 Å². The van der Waals surface area contributed by atoms with E-state index in [1.807, 2.05) is 6.92 Å². The summed E-state index contributed by atoms with van der Waals surface area (Å²) in [6, 6.07) is 6.69. The zero-order valence-electron chi connectivity index (χ0n) is 11.6. The number of hydrogen-bond acceptors (Lipinski definition) is 4. The van der Waals surface area contributed by atoms with Crippen LogP contribution in [0.3, 0.4) is 0 Å². The lowest BCUT2D eigenvalue weighted by Crippen LogP contribution is -2.36. The molecule has 2 N–H and O–H groups in total. The van der Waals surface area contributed by atoms with Gasteiger partial charge in [-0.3, -0.25) is 9.48 Å². The van der Waals surface area contributed by atoms with E-state index in [0.717, 1.165) is 0 Å². The molecule has 2 unspecified atom stereocenters. The number of benzene rings is 1. The van der Waals surface area contributed by atoms with Crippen LogP contribution >= 0.6 is 11.6 Å². The summed E-state index contributed by atoms with van der Waals surface area (Å²) in [6.45, 7) is 2.40. The van der Waals surface area contributed by atoms with Gasteiger partial charge in [0.15, 0.2) is 0 Å². The number of halogens is 1. The topological polar surface area (TPSA) is 80.0 Å². The molecule has 1 aromatic heterocycles. The molecule has 0 aliphatic heterocycles. The molecule has 0 radical (unpaired) electrons. The molecule has 6 nitrogen and oxygen atoms in total. The number of nitrogens with one attached hydrogen (secondary N) is 1. The number of rotatable bonds is 6. The van der Waals surface area contributed by atoms with Gasteiger partial charge in [-0.05, 0) is 24.6 Å². The molecule has 1 aromatic carbocycles. The third-order valence-corrected chi connectivity index (χ3v) is 3.22. The van der Waals surface area contributed by atoms with Crippen molar-refractivity contribution < 1.29 is 9.90 Å². The van der Waals surface area contributed by atoms with E-state index in [1.54, 1.807) is 35.3 Å². The number of nitrogens with zero attached hydrogens (tertiary/aromatic N) is 3. The van der Waals surface area contributed by atoms with E-state index in [4.69, 9.17) is 11.6 Å². The van der Waals surface area contributed by atoms with Crippen molar-refractivity contribution in [3.8, 4) is 0 Å². The van der Waals surface area contributed by atoms with Gasteiger partial charge in [0.1, 0.15) is 12.7 Å². The van der Waals surface area contributed by atoms with Crippen molar-refractivity contribution in [2.24, 2.45) is 0 Å². The predicted molar refractivity (Wildman–Crippen MR) is 78.7 cm³/mol. The Morgan fingerprint density at radius 1 is 1.43 bits per heavy atom. The van der Waals surface area contributed by atoms with Crippen LogP contribution in [0.15, 0.2) is 36.9 Å². The number of amides is 1. The molecule has 2 aromatic rings. The first-order valence-corrected chi connectivity index (χ1v) is 6.97. The Hall–Kier alpha value is -1.92. The van der Waals surface area contributed by atoms with Crippen LogP contribution < -0.4 is 5.32 Å². The van der Waals surface area contributed by atoms with Gasteiger partial charge in [-0.2, -0.15) is 5.10 Å². The Labute approximate surface area is 127 Å². The number of carbonyl (C=O) groups is 1. The van der Waals surface area contributed by atoms with Gasteiger partial charge in [-0.15, -0.1) is 0 Å². The zero-order chi connectivity index (χ0) is 15.2. The quantitative estimate of drug-likeness (QED) is 0.848. The highest BCUT2D eigenvalue weighted by Gasteiger charge is 2.15. The van der Waals surface area contributed by atoms with Crippen LogP contribution in [0, 0.1) is 0 Å². The molecule has 112 valence electrons. The molecule has 0 spiro atoms. The lowest BCUT2D eigenvalue weighted by atomic mass is 10.1. The van der Waals surface area contributed by atoms with E-state index in [0.29, 0.717) is 17.1 Å². The summed E-state index contributed by atoms with van der Waals surface area (Å²) in [4.78, 5) is 15.7. The molecule has 0 fully saturated rings. The standard InChI is InChI=1S/C14H17ClN4O2/c1-10(7-19-9-16-8-17-19)18-14(21)6-13(20)11-2-4-12(15)5-3-11/h2-5,8-10,13,20H,6-7H2,1H3,(H,18,21). The fourth-order valence-electron chi connectivity index (χ4n) is 1.97. The van der Waals surface area contributed by atoms with Gasteiger partial charge in [0.05, 0.1) is 19.1 Å². The number of aromatic nitrogens is 3. The smallest absolute Gasteiger partial charge is 0.223 e. The van der Waals surface area contributed by atoms with E-state index in [-0.39, 0.29) is 18.4 Å². The second-order valence-corrected chi connectivity index (χ2v) is 5.29. The molecule has 0 saturated carbocycles. The number of hydrogen-bond donors (Lipinski definition) is 2. The third-order valence-electron chi connectivity index (χ3n) is 2.97. The highest BCUT2D eigenvalue weighted by Crippen LogP contribution is 2.19. The van der Waals surface area contributed by atoms with Gasteiger partial charge in [-0.25, -0.2) is 4.98 Å². The molecule has 1 amide bonds. The van der Waals surface area contributed by atoms with Crippen molar-refractivity contribution in [2.75, 3.05) is 0 Å². The predicted octanol–water partition coefficient (Wildman–Crippen LogP) is 1.56. The van der Waals surface area contributed by atoms with Gasteiger partial charge in [0, 0.05) is 11.1 Å². The van der Waals surface area contributed by atoms with Crippen LogP contribution in [-0.2, 0) is 11.3 Å². The summed E-state index contributed by atoms with van der Waals surface area (Å²) >= 11 is 5.78. The third kappa shape index (κ3) is 4.84. The van der Waals surface area contributed by atoms with Crippen molar-refractivity contribution in [1.82, 2.24) is 20.1 Å².